The highest BCUT2D eigenvalue weighted by atomic mass is 19.1. The molecule has 3 N–H and O–H groups in total. The predicted molar refractivity (Wildman–Crippen MR) is 134 cm³/mol. The van der Waals surface area contributed by atoms with Gasteiger partial charge in [0, 0.05) is 49.1 Å². The number of aromatic hydroxyl groups is 1. The first-order valence-electron chi connectivity index (χ1n) is 12.0. The van der Waals surface area contributed by atoms with Crippen molar-refractivity contribution in [3.05, 3.63) is 60.2 Å². The van der Waals surface area contributed by atoms with Gasteiger partial charge in [0.1, 0.15) is 22.9 Å². The summed E-state index contributed by atoms with van der Waals surface area (Å²) in [5.41, 5.74) is 1.43. The van der Waals surface area contributed by atoms with Gasteiger partial charge >= 0.3 is 0 Å². The minimum absolute atomic E-state index is 0.113. The molecule has 0 saturated carbocycles. The summed E-state index contributed by atoms with van der Waals surface area (Å²) in [6.45, 7) is 2.46. The molecule has 2 aliphatic heterocycles. The van der Waals surface area contributed by atoms with Crippen molar-refractivity contribution >= 4 is 27.5 Å². The van der Waals surface area contributed by atoms with E-state index in [1.165, 1.54) is 12.8 Å². The minimum atomic E-state index is -0.374. The highest BCUT2D eigenvalue weighted by Gasteiger charge is 2.34. The molecule has 6 nitrogen and oxygen atoms in total. The first kappa shape index (κ1) is 21.3. The number of nitrogens with one attached hydrogen (secondary N) is 2. The van der Waals surface area contributed by atoms with E-state index in [9.17, 15) is 5.11 Å². The number of phenolic OH excluding ortho intramolecular Hbond substituents is 1. The molecule has 6 rings (SSSR count). The molecule has 3 aromatic carbocycles. The molecule has 2 saturated heterocycles. The number of hydrogen-bond donors (Lipinski definition) is 3. The van der Waals surface area contributed by atoms with E-state index < -0.39 is 0 Å². The van der Waals surface area contributed by atoms with Crippen LogP contribution in [0.5, 0.6) is 5.75 Å². The topological polar surface area (TPSA) is 73.3 Å². The fourth-order valence-corrected chi connectivity index (χ4v) is 5.48. The van der Waals surface area contributed by atoms with Gasteiger partial charge in [-0.2, -0.15) is 0 Å². The molecule has 0 spiro atoms. The van der Waals surface area contributed by atoms with E-state index in [-0.39, 0.29) is 11.6 Å². The van der Waals surface area contributed by atoms with Crippen LogP contribution in [0.15, 0.2) is 48.5 Å². The summed E-state index contributed by atoms with van der Waals surface area (Å²) in [6.07, 6.45) is 2.96. The molecule has 34 heavy (non-hydrogen) atoms. The second-order valence-electron chi connectivity index (χ2n) is 9.40. The van der Waals surface area contributed by atoms with Crippen LogP contribution in [0.2, 0.25) is 0 Å². The summed E-state index contributed by atoms with van der Waals surface area (Å²) in [4.78, 5) is 11.9. The first-order chi connectivity index (χ1) is 16.6. The molecule has 2 atom stereocenters. The zero-order valence-corrected chi connectivity index (χ0v) is 19.2. The van der Waals surface area contributed by atoms with Gasteiger partial charge in [0.2, 0.25) is 0 Å². The molecule has 2 aliphatic rings. The third-order valence-corrected chi connectivity index (χ3v) is 7.08. The Morgan fingerprint density at radius 3 is 2.62 bits per heavy atom. The van der Waals surface area contributed by atoms with Crippen molar-refractivity contribution in [2.75, 3.05) is 31.6 Å². The quantitative estimate of drug-likeness (QED) is 0.421. The molecule has 2 fully saturated rings. The molecule has 0 aliphatic carbocycles. The van der Waals surface area contributed by atoms with Crippen molar-refractivity contribution in [2.45, 2.75) is 31.3 Å². The second-order valence-corrected chi connectivity index (χ2v) is 9.40. The Balaban J connectivity index is 1.54. The van der Waals surface area contributed by atoms with Crippen molar-refractivity contribution in [3.8, 4) is 16.9 Å². The van der Waals surface area contributed by atoms with Gasteiger partial charge < -0.3 is 20.6 Å². The molecular formula is C27H28FN5O. The lowest BCUT2D eigenvalue weighted by molar-refractivity contribution is 0.463. The van der Waals surface area contributed by atoms with Gasteiger partial charge in [0.25, 0.3) is 0 Å². The molecule has 174 valence electrons. The highest BCUT2D eigenvalue weighted by Crippen LogP contribution is 2.38. The molecule has 4 aromatic rings. The maximum absolute atomic E-state index is 16.2. The number of phenols is 1. The number of rotatable bonds is 5. The number of nitrogens with zero attached hydrogens (tertiary/aromatic N) is 3. The SMILES string of the molecule is CNCCc1nc(N2C[C@H]3CC[C@@H](C2)N3)c2ccc(-c3cc(O)cc4ccccc34)c(F)c2n1. The molecule has 0 radical (unpaired) electrons. The molecule has 3 heterocycles. The fraction of sp³-hybridized carbons (Fsp3) is 0.333. The van der Waals surface area contributed by atoms with Gasteiger partial charge in [-0.1, -0.05) is 30.3 Å². The lowest BCUT2D eigenvalue weighted by Crippen LogP contribution is -2.51. The smallest absolute Gasteiger partial charge is 0.157 e. The van der Waals surface area contributed by atoms with Crippen molar-refractivity contribution in [1.29, 1.82) is 0 Å². The Morgan fingerprint density at radius 1 is 1.03 bits per heavy atom. The van der Waals surface area contributed by atoms with E-state index >= 15 is 4.39 Å². The van der Waals surface area contributed by atoms with Gasteiger partial charge in [-0.3, -0.25) is 0 Å². The largest absolute Gasteiger partial charge is 0.508 e. The number of fused-ring (bicyclic) bond motifs is 4. The summed E-state index contributed by atoms with van der Waals surface area (Å²) in [6, 6.07) is 15.7. The van der Waals surface area contributed by atoms with Crippen molar-refractivity contribution in [3.63, 3.8) is 0 Å². The van der Waals surface area contributed by atoms with Crippen LogP contribution in [0.25, 0.3) is 32.8 Å². The van der Waals surface area contributed by atoms with Crippen LogP contribution in [0, 0.1) is 5.82 Å². The lowest BCUT2D eigenvalue weighted by atomic mass is 9.96. The van der Waals surface area contributed by atoms with Crippen LogP contribution in [0.1, 0.15) is 18.7 Å². The van der Waals surface area contributed by atoms with Crippen LogP contribution in [0.3, 0.4) is 0 Å². The van der Waals surface area contributed by atoms with E-state index in [2.05, 4.69) is 20.5 Å². The third kappa shape index (κ3) is 3.65. The Hall–Kier alpha value is -3.29. The highest BCUT2D eigenvalue weighted by molar-refractivity contribution is 6.01. The number of anilines is 1. The van der Waals surface area contributed by atoms with Crippen LogP contribution < -0.4 is 15.5 Å². The molecule has 1 aromatic heterocycles. The normalized spacial score (nSPS) is 19.9. The van der Waals surface area contributed by atoms with E-state index in [4.69, 9.17) is 4.98 Å². The van der Waals surface area contributed by atoms with Crippen molar-refractivity contribution in [2.24, 2.45) is 0 Å². The van der Waals surface area contributed by atoms with Gasteiger partial charge in [0.15, 0.2) is 5.82 Å². The Labute approximate surface area is 197 Å². The summed E-state index contributed by atoms with van der Waals surface area (Å²) in [7, 11) is 1.89. The molecule has 0 unspecified atom stereocenters. The van der Waals surface area contributed by atoms with Crippen molar-refractivity contribution < 1.29 is 9.50 Å². The zero-order valence-electron chi connectivity index (χ0n) is 19.2. The predicted octanol–water partition coefficient (Wildman–Crippen LogP) is 4.00. The molecule has 7 heteroatoms. The van der Waals surface area contributed by atoms with Gasteiger partial charge in [-0.05, 0) is 54.4 Å². The van der Waals surface area contributed by atoms with Crippen molar-refractivity contribution in [1.82, 2.24) is 20.6 Å². The summed E-state index contributed by atoms with van der Waals surface area (Å²) in [5.74, 6) is 1.20. The van der Waals surface area contributed by atoms with E-state index in [1.807, 2.05) is 37.4 Å². The molecule has 2 bridgehead atoms. The van der Waals surface area contributed by atoms with Crippen LogP contribution in [0.4, 0.5) is 10.2 Å². The van der Waals surface area contributed by atoms with E-state index in [1.54, 1.807) is 18.2 Å². The lowest BCUT2D eigenvalue weighted by Gasteiger charge is -2.34. The fourth-order valence-electron chi connectivity index (χ4n) is 5.48. The van der Waals surface area contributed by atoms with Gasteiger partial charge in [-0.25, -0.2) is 14.4 Å². The number of piperazine rings is 1. The van der Waals surface area contributed by atoms with Gasteiger partial charge in [-0.15, -0.1) is 0 Å². The van der Waals surface area contributed by atoms with Crippen LogP contribution in [-0.2, 0) is 6.42 Å². The van der Waals surface area contributed by atoms with Crippen LogP contribution >= 0.6 is 0 Å². The number of hydrogen-bond acceptors (Lipinski definition) is 6. The molecule has 0 amide bonds. The maximum Gasteiger partial charge on any atom is 0.157 e. The third-order valence-electron chi connectivity index (χ3n) is 7.08. The first-order valence-corrected chi connectivity index (χ1v) is 12.0. The number of halogens is 1. The average Bonchev–Trinajstić information content (AvgIpc) is 3.19. The Bertz CT molecular complexity index is 1380. The number of aromatic nitrogens is 2. The Kier molecular flexibility index (Phi) is 5.31. The average molecular weight is 458 g/mol. The summed E-state index contributed by atoms with van der Waals surface area (Å²) >= 11 is 0. The van der Waals surface area contributed by atoms with E-state index in [0.29, 0.717) is 41.0 Å². The zero-order chi connectivity index (χ0) is 23.2. The number of likely N-dealkylation sites (N-methyl/N-ethyl adjacent to an activating group) is 1. The Morgan fingerprint density at radius 2 is 1.82 bits per heavy atom. The summed E-state index contributed by atoms with van der Waals surface area (Å²) in [5, 5.41) is 19.6. The molecular weight excluding hydrogens is 429 g/mol. The number of benzene rings is 3. The summed E-state index contributed by atoms with van der Waals surface area (Å²) < 4.78 is 16.2. The van der Waals surface area contributed by atoms with Crippen LogP contribution in [-0.4, -0.2) is 53.8 Å². The van der Waals surface area contributed by atoms with Gasteiger partial charge in [0.05, 0.1) is 0 Å². The standard InChI is InChI=1S/C27H28FN5O/c1-29-11-10-24-31-26-22(27(32-24)33-14-17-6-7-18(15-33)30-17)9-8-21(25(26)28)23-13-19(34)12-16-4-2-3-5-20(16)23/h2-5,8-9,12-13,17-18,29-30,34H,6-7,10-11,14-15H2,1H3/t17-,18+. The minimum Gasteiger partial charge on any atom is -0.508 e. The monoisotopic (exact) mass is 457 g/mol. The maximum atomic E-state index is 16.2. The second kappa shape index (κ2) is 8.49. The van der Waals surface area contributed by atoms with E-state index in [0.717, 1.165) is 41.6 Å².